The second kappa shape index (κ2) is 6.21. The largest absolute Gasteiger partial charge is 0.375 e. The van der Waals surface area contributed by atoms with Crippen LogP contribution in [0.1, 0.15) is 19.8 Å². The first-order valence-corrected chi connectivity index (χ1v) is 7.28. The minimum absolute atomic E-state index is 0.0413. The van der Waals surface area contributed by atoms with Crippen molar-refractivity contribution in [3.05, 3.63) is 32.8 Å². The van der Waals surface area contributed by atoms with Crippen molar-refractivity contribution in [3.8, 4) is 0 Å². The van der Waals surface area contributed by atoms with Crippen molar-refractivity contribution in [1.29, 1.82) is 0 Å². The Morgan fingerprint density at radius 3 is 3.00 bits per heavy atom. The van der Waals surface area contributed by atoms with Crippen LogP contribution >= 0.6 is 15.9 Å². The van der Waals surface area contributed by atoms with E-state index < -0.39 is 4.92 Å². The molecular weight excluding hydrogens is 326 g/mol. The molecule has 6 nitrogen and oxygen atoms in total. The summed E-state index contributed by atoms with van der Waals surface area (Å²) in [6, 6.07) is 4.99. The molecule has 1 aliphatic rings. The van der Waals surface area contributed by atoms with Crippen LogP contribution in [0.3, 0.4) is 0 Å². The van der Waals surface area contributed by atoms with Gasteiger partial charge in [0.1, 0.15) is 5.69 Å². The zero-order chi connectivity index (χ0) is 14.7. The quantitative estimate of drug-likeness (QED) is 0.674. The van der Waals surface area contributed by atoms with Crippen molar-refractivity contribution in [2.45, 2.75) is 25.8 Å². The summed E-state index contributed by atoms with van der Waals surface area (Å²) in [5.74, 6) is 0.125. The lowest BCUT2D eigenvalue weighted by Crippen LogP contribution is -2.31. The molecule has 0 bridgehead atoms. The van der Waals surface area contributed by atoms with Gasteiger partial charge in [-0.25, -0.2) is 0 Å². The van der Waals surface area contributed by atoms with Crippen LogP contribution in [0, 0.1) is 10.1 Å². The maximum atomic E-state index is 11.6. The van der Waals surface area contributed by atoms with Crippen LogP contribution in [0.4, 0.5) is 11.4 Å². The van der Waals surface area contributed by atoms with Gasteiger partial charge in [0, 0.05) is 36.1 Å². The summed E-state index contributed by atoms with van der Waals surface area (Å²) in [6.07, 6.45) is 1.30. The van der Waals surface area contributed by atoms with E-state index in [1.54, 1.807) is 17.0 Å². The Morgan fingerprint density at radius 2 is 2.35 bits per heavy atom. The van der Waals surface area contributed by atoms with Gasteiger partial charge in [0.15, 0.2) is 0 Å². The Balaban J connectivity index is 2.08. The Hall–Kier alpha value is -1.63. The van der Waals surface area contributed by atoms with Crippen LogP contribution in [0.25, 0.3) is 0 Å². The predicted octanol–water partition coefficient (Wildman–Crippen LogP) is 2.78. The number of likely N-dealkylation sites (tertiary alicyclic amines) is 1. The number of halogens is 1. The lowest BCUT2D eigenvalue weighted by Gasteiger charge is -2.17. The van der Waals surface area contributed by atoms with Crippen molar-refractivity contribution in [2.24, 2.45) is 0 Å². The van der Waals surface area contributed by atoms with E-state index in [9.17, 15) is 14.9 Å². The molecule has 1 aromatic carbocycles. The molecule has 1 heterocycles. The highest BCUT2D eigenvalue weighted by atomic mass is 79.9. The van der Waals surface area contributed by atoms with Crippen molar-refractivity contribution >= 4 is 33.2 Å². The number of benzene rings is 1. The second-order valence-corrected chi connectivity index (χ2v) is 5.66. The smallest absolute Gasteiger partial charge is 0.293 e. The number of rotatable bonds is 4. The molecule has 108 valence electrons. The Morgan fingerprint density at radius 1 is 1.60 bits per heavy atom. The molecule has 1 amide bonds. The summed E-state index contributed by atoms with van der Waals surface area (Å²) in [7, 11) is 0. The molecule has 1 N–H and O–H groups in total. The number of amides is 1. The number of nitro benzene ring substituents is 1. The number of carbonyl (C=O) groups excluding carboxylic acids is 1. The summed E-state index contributed by atoms with van der Waals surface area (Å²) in [5.41, 5.74) is 0.536. The van der Waals surface area contributed by atoms with E-state index in [-0.39, 0.29) is 17.6 Å². The van der Waals surface area contributed by atoms with E-state index in [1.807, 2.05) is 6.92 Å². The van der Waals surface area contributed by atoms with Gasteiger partial charge >= 0.3 is 0 Å². The summed E-state index contributed by atoms with van der Waals surface area (Å²) in [6.45, 7) is 3.14. The molecule has 0 aromatic heterocycles. The molecule has 0 aliphatic carbocycles. The molecule has 1 saturated heterocycles. The molecule has 1 aliphatic heterocycles. The maximum absolute atomic E-state index is 11.6. The number of nitrogens with zero attached hydrogens (tertiary/aromatic N) is 2. The predicted molar refractivity (Wildman–Crippen MR) is 79.7 cm³/mol. The van der Waals surface area contributed by atoms with E-state index in [0.29, 0.717) is 29.7 Å². The van der Waals surface area contributed by atoms with Gasteiger partial charge in [-0.2, -0.15) is 0 Å². The highest BCUT2D eigenvalue weighted by Crippen LogP contribution is 2.29. The Bertz CT molecular complexity index is 536. The first-order valence-electron chi connectivity index (χ1n) is 6.49. The summed E-state index contributed by atoms with van der Waals surface area (Å²) in [4.78, 5) is 24.1. The standard InChI is InChI=1S/C13H16BrN3O3/c1-2-13(18)16-6-5-10(8-16)15-11-4-3-9(14)7-12(11)17(19)20/h3-4,7,10,15H,2,5-6,8H2,1H3. The average Bonchev–Trinajstić information content (AvgIpc) is 2.88. The van der Waals surface area contributed by atoms with Gasteiger partial charge in [0.2, 0.25) is 5.91 Å². The molecule has 1 aromatic rings. The fraction of sp³-hybridized carbons (Fsp3) is 0.462. The highest BCUT2D eigenvalue weighted by Gasteiger charge is 2.26. The van der Waals surface area contributed by atoms with E-state index in [0.717, 1.165) is 6.42 Å². The van der Waals surface area contributed by atoms with Crippen molar-refractivity contribution in [1.82, 2.24) is 4.90 Å². The SMILES string of the molecule is CCC(=O)N1CCC(Nc2ccc(Br)cc2[N+](=O)[O-])C1. The number of anilines is 1. The first kappa shape index (κ1) is 14.8. The van der Waals surface area contributed by atoms with Crippen molar-refractivity contribution in [3.63, 3.8) is 0 Å². The molecule has 1 atom stereocenters. The maximum Gasteiger partial charge on any atom is 0.293 e. The lowest BCUT2D eigenvalue weighted by atomic mass is 10.2. The van der Waals surface area contributed by atoms with Crippen LogP contribution in [0.5, 0.6) is 0 Å². The van der Waals surface area contributed by atoms with E-state index in [4.69, 9.17) is 0 Å². The van der Waals surface area contributed by atoms with Crippen molar-refractivity contribution in [2.75, 3.05) is 18.4 Å². The summed E-state index contributed by atoms with van der Waals surface area (Å²) < 4.78 is 0.670. The third kappa shape index (κ3) is 3.27. The van der Waals surface area contributed by atoms with Gasteiger partial charge in [0.05, 0.1) is 4.92 Å². The first-order chi connectivity index (χ1) is 9.51. The lowest BCUT2D eigenvalue weighted by molar-refractivity contribution is -0.384. The third-order valence-electron chi connectivity index (χ3n) is 3.36. The molecule has 0 saturated carbocycles. The van der Waals surface area contributed by atoms with Gasteiger partial charge in [-0.15, -0.1) is 0 Å². The fourth-order valence-electron chi connectivity index (χ4n) is 2.33. The average molecular weight is 342 g/mol. The molecule has 7 heteroatoms. The highest BCUT2D eigenvalue weighted by molar-refractivity contribution is 9.10. The third-order valence-corrected chi connectivity index (χ3v) is 3.85. The molecule has 2 rings (SSSR count). The number of carbonyl (C=O) groups is 1. The number of hydrogen-bond acceptors (Lipinski definition) is 4. The zero-order valence-corrected chi connectivity index (χ0v) is 12.7. The topological polar surface area (TPSA) is 75.5 Å². The molecule has 20 heavy (non-hydrogen) atoms. The molecule has 0 radical (unpaired) electrons. The van der Waals surface area contributed by atoms with Crippen LogP contribution in [-0.2, 0) is 4.79 Å². The molecular formula is C13H16BrN3O3. The van der Waals surface area contributed by atoms with Gasteiger partial charge in [-0.05, 0) is 18.6 Å². The summed E-state index contributed by atoms with van der Waals surface area (Å²) >= 11 is 3.23. The number of nitrogens with one attached hydrogen (secondary N) is 1. The molecule has 0 spiro atoms. The number of hydrogen-bond donors (Lipinski definition) is 1. The van der Waals surface area contributed by atoms with Gasteiger partial charge < -0.3 is 10.2 Å². The zero-order valence-electron chi connectivity index (χ0n) is 11.1. The molecule has 1 fully saturated rings. The van der Waals surface area contributed by atoms with E-state index >= 15 is 0 Å². The van der Waals surface area contributed by atoms with Gasteiger partial charge in [-0.3, -0.25) is 14.9 Å². The van der Waals surface area contributed by atoms with Crippen molar-refractivity contribution < 1.29 is 9.72 Å². The van der Waals surface area contributed by atoms with Crippen LogP contribution in [0.15, 0.2) is 22.7 Å². The summed E-state index contributed by atoms with van der Waals surface area (Å²) in [5, 5.41) is 14.2. The Kier molecular flexibility index (Phi) is 4.59. The minimum Gasteiger partial charge on any atom is -0.375 e. The molecule has 1 unspecified atom stereocenters. The minimum atomic E-state index is -0.406. The normalized spacial score (nSPS) is 18.1. The monoisotopic (exact) mass is 341 g/mol. The van der Waals surface area contributed by atoms with Crippen LogP contribution < -0.4 is 5.32 Å². The van der Waals surface area contributed by atoms with Crippen LogP contribution in [-0.4, -0.2) is 34.9 Å². The number of nitro groups is 1. The van der Waals surface area contributed by atoms with E-state index in [1.165, 1.54) is 6.07 Å². The van der Waals surface area contributed by atoms with Gasteiger partial charge in [-0.1, -0.05) is 22.9 Å². The van der Waals surface area contributed by atoms with E-state index in [2.05, 4.69) is 21.2 Å². The van der Waals surface area contributed by atoms with Gasteiger partial charge in [0.25, 0.3) is 5.69 Å². The Labute approximate surface area is 125 Å². The van der Waals surface area contributed by atoms with Crippen LogP contribution in [0.2, 0.25) is 0 Å². The second-order valence-electron chi connectivity index (χ2n) is 4.74. The fourth-order valence-corrected chi connectivity index (χ4v) is 2.68.